The summed E-state index contributed by atoms with van der Waals surface area (Å²) >= 11 is 0. The maximum atomic E-state index is 12.3. The van der Waals surface area contributed by atoms with Crippen molar-refractivity contribution < 1.29 is 4.79 Å². The molecule has 0 fully saturated rings. The van der Waals surface area contributed by atoms with E-state index in [0.29, 0.717) is 18.0 Å². The van der Waals surface area contributed by atoms with Gasteiger partial charge in [0.1, 0.15) is 5.82 Å². The van der Waals surface area contributed by atoms with Gasteiger partial charge in [0.15, 0.2) is 0 Å². The number of fused-ring (bicyclic) bond motifs is 1. The fraction of sp³-hybridized carbons (Fsp3) is 0.400. The third-order valence-corrected chi connectivity index (χ3v) is 3.96. The molecule has 2 aromatic heterocycles. The minimum Gasteiger partial charge on any atom is -0.341 e. The average molecular weight is 286 g/mol. The zero-order valence-electron chi connectivity index (χ0n) is 12.0. The molecule has 21 heavy (non-hydrogen) atoms. The van der Waals surface area contributed by atoms with Gasteiger partial charge in [0.05, 0.1) is 5.56 Å². The molecule has 2 aromatic rings. The summed E-state index contributed by atoms with van der Waals surface area (Å²) in [4.78, 5) is 31.9. The molecule has 0 bridgehead atoms. The number of carbonyl (C=O) groups excluding carboxylic acids is 1. The molecule has 3 rings (SSSR count). The third kappa shape index (κ3) is 2.89. The van der Waals surface area contributed by atoms with Crippen molar-refractivity contribution in [2.75, 3.05) is 13.6 Å². The SMILES string of the molecule is CN(C[C@@H]1CCn2ccnc2C1)C(=O)c1ccc(=O)[nH]c1. The maximum absolute atomic E-state index is 12.3. The number of nitrogens with one attached hydrogen (secondary N) is 1. The van der Waals surface area contributed by atoms with E-state index in [1.54, 1.807) is 18.0 Å². The Morgan fingerprint density at radius 2 is 2.38 bits per heavy atom. The van der Waals surface area contributed by atoms with Crippen molar-refractivity contribution in [2.45, 2.75) is 19.4 Å². The van der Waals surface area contributed by atoms with Crippen LogP contribution in [-0.2, 0) is 13.0 Å². The fourth-order valence-corrected chi connectivity index (χ4v) is 2.81. The minimum atomic E-state index is -0.201. The summed E-state index contributed by atoms with van der Waals surface area (Å²) in [6.45, 7) is 1.66. The highest BCUT2D eigenvalue weighted by Crippen LogP contribution is 2.20. The van der Waals surface area contributed by atoms with Crippen LogP contribution in [0, 0.1) is 5.92 Å². The van der Waals surface area contributed by atoms with Gasteiger partial charge in [-0.15, -0.1) is 0 Å². The zero-order valence-corrected chi connectivity index (χ0v) is 12.0. The van der Waals surface area contributed by atoms with Crippen LogP contribution in [0.15, 0.2) is 35.5 Å². The van der Waals surface area contributed by atoms with Crippen LogP contribution in [0.25, 0.3) is 0 Å². The number of pyridine rings is 1. The summed E-state index contributed by atoms with van der Waals surface area (Å²) in [5.74, 6) is 1.45. The molecule has 3 heterocycles. The first-order chi connectivity index (χ1) is 10.1. The minimum absolute atomic E-state index is 0.0693. The summed E-state index contributed by atoms with van der Waals surface area (Å²) < 4.78 is 2.17. The van der Waals surface area contributed by atoms with Crippen LogP contribution in [-0.4, -0.2) is 38.9 Å². The number of nitrogens with zero attached hydrogens (tertiary/aromatic N) is 3. The molecule has 0 radical (unpaired) electrons. The van der Waals surface area contributed by atoms with Gasteiger partial charge in [-0.2, -0.15) is 0 Å². The largest absolute Gasteiger partial charge is 0.341 e. The van der Waals surface area contributed by atoms with E-state index in [0.717, 1.165) is 25.2 Å². The molecule has 0 aliphatic carbocycles. The summed E-state index contributed by atoms with van der Waals surface area (Å²) in [6.07, 6.45) is 7.24. The van der Waals surface area contributed by atoms with Crippen LogP contribution in [0.5, 0.6) is 0 Å². The molecule has 110 valence electrons. The Bertz CT molecular complexity index is 683. The molecular weight excluding hydrogens is 268 g/mol. The van der Waals surface area contributed by atoms with Crippen LogP contribution < -0.4 is 5.56 Å². The monoisotopic (exact) mass is 286 g/mol. The Kier molecular flexibility index (Phi) is 3.60. The van der Waals surface area contributed by atoms with Crippen LogP contribution in [0.1, 0.15) is 22.6 Å². The van der Waals surface area contributed by atoms with Gasteiger partial charge >= 0.3 is 0 Å². The van der Waals surface area contributed by atoms with Gasteiger partial charge in [0.2, 0.25) is 5.56 Å². The smallest absolute Gasteiger partial charge is 0.255 e. The van der Waals surface area contributed by atoms with E-state index in [1.807, 2.05) is 12.4 Å². The number of imidazole rings is 1. The molecule has 0 saturated carbocycles. The molecule has 6 nitrogen and oxygen atoms in total. The molecule has 1 amide bonds. The lowest BCUT2D eigenvalue weighted by molar-refractivity contribution is 0.0763. The Labute approximate surface area is 122 Å². The number of hydrogen-bond acceptors (Lipinski definition) is 3. The second kappa shape index (κ2) is 5.55. The Morgan fingerprint density at radius 1 is 1.52 bits per heavy atom. The van der Waals surface area contributed by atoms with Gasteiger partial charge in [0.25, 0.3) is 5.91 Å². The molecule has 1 aliphatic rings. The highest BCUT2D eigenvalue weighted by atomic mass is 16.2. The maximum Gasteiger partial charge on any atom is 0.255 e. The normalized spacial score (nSPS) is 17.3. The van der Waals surface area contributed by atoms with Crippen LogP contribution in [0.2, 0.25) is 0 Å². The highest BCUT2D eigenvalue weighted by molar-refractivity contribution is 5.93. The second-order valence-electron chi connectivity index (χ2n) is 5.52. The van der Waals surface area contributed by atoms with Crippen molar-refractivity contribution in [1.29, 1.82) is 0 Å². The van der Waals surface area contributed by atoms with Crippen molar-refractivity contribution >= 4 is 5.91 Å². The van der Waals surface area contributed by atoms with Crippen LogP contribution in [0.4, 0.5) is 0 Å². The van der Waals surface area contributed by atoms with Crippen molar-refractivity contribution in [3.05, 3.63) is 52.5 Å². The van der Waals surface area contributed by atoms with Crippen LogP contribution >= 0.6 is 0 Å². The number of hydrogen-bond donors (Lipinski definition) is 1. The molecular formula is C15H18N4O2. The number of carbonyl (C=O) groups is 1. The first kappa shape index (κ1) is 13.6. The Morgan fingerprint density at radius 3 is 3.14 bits per heavy atom. The van der Waals surface area contributed by atoms with E-state index in [4.69, 9.17) is 0 Å². The zero-order chi connectivity index (χ0) is 14.8. The Balaban J connectivity index is 1.64. The lowest BCUT2D eigenvalue weighted by atomic mass is 9.97. The topological polar surface area (TPSA) is 71.0 Å². The van der Waals surface area contributed by atoms with E-state index in [-0.39, 0.29) is 11.5 Å². The van der Waals surface area contributed by atoms with Crippen molar-refractivity contribution in [2.24, 2.45) is 5.92 Å². The van der Waals surface area contributed by atoms with Crippen LogP contribution in [0.3, 0.4) is 0 Å². The third-order valence-electron chi connectivity index (χ3n) is 3.96. The Hall–Kier alpha value is -2.37. The fourth-order valence-electron chi connectivity index (χ4n) is 2.81. The molecule has 1 aliphatic heterocycles. The average Bonchev–Trinajstić information content (AvgIpc) is 2.95. The number of amides is 1. The molecule has 6 heteroatoms. The number of aryl methyl sites for hydroxylation is 1. The molecule has 0 aromatic carbocycles. The van der Waals surface area contributed by atoms with Crippen molar-refractivity contribution in [3.63, 3.8) is 0 Å². The first-order valence-corrected chi connectivity index (χ1v) is 7.07. The molecule has 0 spiro atoms. The lowest BCUT2D eigenvalue weighted by Gasteiger charge is -2.27. The van der Waals surface area contributed by atoms with E-state index in [2.05, 4.69) is 14.5 Å². The van der Waals surface area contributed by atoms with Gasteiger partial charge in [-0.25, -0.2) is 4.98 Å². The van der Waals surface area contributed by atoms with E-state index < -0.39 is 0 Å². The summed E-state index contributed by atoms with van der Waals surface area (Å²) in [5, 5.41) is 0. The standard InChI is InChI=1S/C15H18N4O2/c1-18(15(21)12-2-3-14(20)17-9-12)10-11-4-6-19-7-5-16-13(19)8-11/h2-3,5,7,9,11H,4,6,8,10H2,1H3,(H,17,20)/t11-/m1/s1. The molecule has 0 saturated heterocycles. The van der Waals surface area contributed by atoms with Gasteiger partial charge in [0, 0.05) is 51.2 Å². The quantitative estimate of drug-likeness (QED) is 0.911. The molecule has 1 atom stereocenters. The van der Waals surface area contributed by atoms with E-state index >= 15 is 0 Å². The highest BCUT2D eigenvalue weighted by Gasteiger charge is 2.22. The van der Waals surface area contributed by atoms with Crippen molar-refractivity contribution in [3.8, 4) is 0 Å². The van der Waals surface area contributed by atoms with Gasteiger partial charge in [-0.3, -0.25) is 9.59 Å². The number of rotatable bonds is 3. The van der Waals surface area contributed by atoms with Gasteiger partial charge in [-0.05, 0) is 18.4 Å². The van der Waals surface area contributed by atoms with Gasteiger partial charge in [-0.1, -0.05) is 0 Å². The van der Waals surface area contributed by atoms with E-state index in [1.165, 1.54) is 12.3 Å². The van der Waals surface area contributed by atoms with Crippen molar-refractivity contribution in [1.82, 2.24) is 19.4 Å². The number of H-pyrrole nitrogens is 1. The lowest BCUT2D eigenvalue weighted by Crippen LogP contribution is -2.35. The summed E-state index contributed by atoms with van der Waals surface area (Å²) in [6, 6.07) is 2.93. The summed E-state index contributed by atoms with van der Waals surface area (Å²) in [5.41, 5.74) is 0.308. The summed E-state index contributed by atoms with van der Waals surface area (Å²) in [7, 11) is 1.80. The first-order valence-electron chi connectivity index (χ1n) is 7.07. The predicted molar refractivity (Wildman–Crippen MR) is 78.1 cm³/mol. The molecule has 1 N–H and O–H groups in total. The van der Waals surface area contributed by atoms with Gasteiger partial charge < -0.3 is 14.5 Å². The predicted octanol–water partition coefficient (Wildman–Crippen LogP) is 0.906. The molecule has 0 unspecified atom stereocenters. The number of aromatic amines is 1. The second-order valence-corrected chi connectivity index (χ2v) is 5.52. The van der Waals surface area contributed by atoms with E-state index in [9.17, 15) is 9.59 Å². The number of aromatic nitrogens is 3.